The highest BCUT2D eigenvalue weighted by Crippen LogP contribution is 2.15. The van der Waals surface area contributed by atoms with Crippen LogP contribution in [0.4, 0.5) is 17.7 Å². The number of halogens is 6. The van der Waals surface area contributed by atoms with Gasteiger partial charge in [-0.3, -0.25) is 0 Å². The lowest BCUT2D eigenvalue weighted by atomic mass is 10.7. The fourth-order valence-corrected chi connectivity index (χ4v) is 0.0437. The van der Waals surface area contributed by atoms with Crippen LogP contribution < -0.4 is 0 Å². The molecule has 0 saturated carbocycles. The first-order chi connectivity index (χ1) is 4.90. The van der Waals surface area contributed by atoms with Gasteiger partial charge in [-0.1, -0.05) is 0 Å². The molecule has 0 spiro atoms. The van der Waals surface area contributed by atoms with E-state index >= 15 is 0 Å². The number of alkyl halides is 5. The van der Waals surface area contributed by atoms with E-state index < -0.39 is 12.1 Å². The second-order valence-corrected chi connectivity index (χ2v) is 1.77. The quantitative estimate of drug-likeness (QED) is 0.459. The molecule has 68 valence electrons. The molecule has 0 heterocycles. The van der Waals surface area contributed by atoms with E-state index in [1.807, 2.05) is 4.94 Å². The molecule has 0 rings (SSSR count). The number of hydrogen-bond donors (Lipinski definition) is 0. The van der Waals surface area contributed by atoms with E-state index in [0.29, 0.717) is 0 Å². The van der Waals surface area contributed by atoms with Crippen molar-refractivity contribution in [2.45, 2.75) is 6.18 Å². The van der Waals surface area contributed by atoms with Crippen LogP contribution in [0.25, 0.3) is 0 Å². The van der Waals surface area contributed by atoms with E-state index in [-0.39, 0.29) is 5.34 Å². The SMILES string of the molecule is ClCCl.O=C(OF)C(F)(F)F. The van der Waals surface area contributed by atoms with E-state index in [0.717, 1.165) is 0 Å². The zero-order chi connectivity index (χ0) is 9.49. The molecule has 0 fully saturated rings. The standard InChI is InChI=1S/C2F4O2.CH2Cl2/c3-2(4,5)1(7)8-6;2-1-3/h;1H2. The van der Waals surface area contributed by atoms with Gasteiger partial charge in [0.05, 0.1) is 5.34 Å². The maximum absolute atomic E-state index is 10.7. The van der Waals surface area contributed by atoms with Crippen molar-refractivity contribution in [1.82, 2.24) is 0 Å². The predicted molar refractivity (Wildman–Crippen MR) is 29.8 cm³/mol. The lowest BCUT2D eigenvalue weighted by Gasteiger charge is -1.95. The van der Waals surface area contributed by atoms with Crippen molar-refractivity contribution in [3.8, 4) is 0 Å². The van der Waals surface area contributed by atoms with Gasteiger partial charge in [-0.25, -0.2) is 9.74 Å². The molecule has 0 aromatic rings. The Morgan fingerprint density at radius 2 is 1.64 bits per heavy atom. The third-order valence-corrected chi connectivity index (χ3v) is 0.302. The lowest BCUT2D eigenvalue weighted by Crippen LogP contribution is -2.22. The average Bonchev–Trinajstić information content (AvgIpc) is 1.86. The second kappa shape index (κ2) is 6.48. The minimum atomic E-state index is -5.23. The van der Waals surface area contributed by atoms with Crippen LogP contribution in [0, 0.1) is 0 Å². The topological polar surface area (TPSA) is 26.3 Å². The molecule has 0 saturated heterocycles. The molecule has 2 nitrogen and oxygen atoms in total. The molecule has 0 N–H and O–H groups in total. The van der Waals surface area contributed by atoms with Gasteiger partial charge >= 0.3 is 12.1 Å². The van der Waals surface area contributed by atoms with Crippen LogP contribution in [0.2, 0.25) is 0 Å². The number of carbonyl (C=O) groups is 1. The summed E-state index contributed by atoms with van der Waals surface area (Å²) in [5.41, 5.74) is 0. The van der Waals surface area contributed by atoms with Gasteiger partial charge in [-0.2, -0.15) is 13.2 Å². The molecule has 0 aliphatic rings. The molecule has 8 heteroatoms. The van der Waals surface area contributed by atoms with Crippen LogP contribution in [0.1, 0.15) is 0 Å². The Hall–Kier alpha value is -0.230. The van der Waals surface area contributed by atoms with Gasteiger partial charge in [0.1, 0.15) is 0 Å². The molecule has 0 aromatic heterocycles. The third-order valence-electron chi connectivity index (χ3n) is 0.302. The van der Waals surface area contributed by atoms with Crippen LogP contribution in [0.3, 0.4) is 0 Å². The largest absolute Gasteiger partial charge is 0.494 e. The summed E-state index contributed by atoms with van der Waals surface area (Å²) in [6.45, 7) is 0. The van der Waals surface area contributed by atoms with Gasteiger partial charge < -0.3 is 0 Å². The summed E-state index contributed by atoms with van der Waals surface area (Å²) >= 11 is 9.53. The molecule has 11 heavy (non-hydrogen) atoms. The van der Waals surface area contributed by atoms with E-state index in [4.69, 9.17) is 28.0 Å². The summed E-state index contributed by atoms with van der Waals surface area (Å²) in [5.74, 6) is -2.84. The molecule has 0 atom stereocenters. The highest BCUT2D eigenvalue weighted by atomic mass is 35.5. The summed E-state index contributed by atoms with van der Waals surface area (Å²) in [5, 5.41) is 0.194. The first-order valence-electron chi connectivity index (χ1n) is 1.91. The summed E-state index contributed by atoms with van der Waals surface area (Å²) < 4.78 is 42.5. The van der Waals surface area contributed by atoms with E-state index in [2.05, 4.69) is 0 Å². The molecule has 0 unspecified atom stereocenters. The smallest absolute Gasteiger partial charge is 0.244 e. The Kier molecular flexibility index (Phi) is 7.87. The van der Waals surface area contributed by atoms with Crippen LogP contribution in [0.15, 0.2) is 0 Å². The van der Waals surface area contributed by atoms with Crippen molar-refractivity contribution in [2.24, 2.45) is 0 Å². The highest BCUT2D eigenvalue weighted by molar-refractivity contribution is 6.40. The number of hydrogen-bond acceptors (Lipinski definition) is 2. The van der Waals surface area contributed by atoms with Gasteiger partial charge in [0.15, 0.2) is 0 Å². The zero-order valence-corrected chi connectivity index (χ0v) is 6.30. The Morgan fingerprint density at radius 1 is 1.36 bits per heavy atom. The van der Waals surface area contributed by atoms with Crippen LogP contribution >= 0.6 is 23.2 Å². The maximum atomic E-state index is 10.7. The Bertz CT molecular complexity index is 114. The molecular weight excluding hydrogens is 215 g/mol. The second-order valence-electron chi connectivity index (χ2n) is 0.963. The molecular formula is C3H2Cl2F4O2. The fourth-order valence-electron chi connectivity index (χ4n) is 0.0437. The van der Waals surface area contributed by atoms with Crippen molar-refractivity contribution in [3.05, 3.63) is 0 Å². The van der Waals surface area contributed by atoms with Crippen molar-refractivity contribution in [3.63, 3.8) is 0 Å². The first-order valence-corrected chi connectivity index (χ1v) is 2.98. The van der Waals surface area contributed by atoms with Crippen molar-refractivity contribution >= 4 is 29.2 Å². The average molecular weight is 217 g/mol. The molecule has 0 aliphatic heterocycles. The summed E-state index contributed by atoms with van der Waals surface area (Å²) in [6.07, 6.45) is -5.23. The van der Waals surface area contributed by atoms with E-state index in [1.165, 1.54) is 0 Å². The fraction of sp³-hybridized carbons (Fsp3) is 0.667. The van der Waals surface area contributed by atoms with Crippen molar-refractivity contribution in [2.75, 3.05) is 5.34 Å². The minimum Gasteiger partial charge on any atom is -0.244 e. The van der Waals surface area contributed by atoms with Gasteiger partial charge in [-0.05, 0) is 0 Å². The molecule has 0 radical (unpaired) electrons. The van der Waals surface area contributed by atoms with Crippen LogP contribution in [-0.4, -0.2) is 17.5 Å². The number of carbonyl (C=O) groups excluding carboxylic acids is 1. The molecule has 0 amide bonds. The first kappa shape index (κ1) is 13.4. The maximum Gasteiger partial charge on any atom is 0.494 e. The van der Waals surface area contributed by atoms with Crippen molar-refractivity contribution in [1.29, 1.82) is 0 Å². The Labute approximate surface area is 68.9 Å². The summed E-state index contributed by atoms with van der Waals surface area (Å²) in [4.78, 5) is 11.0. The van der Waals surface area contributed by atoms with E-state index in [1.54, 1.807) is 0 Å². The molecule has 0 aromatic carbocycles. The van der Waals surface area contributed by atoms with Crippen molar-refractivity contribution < 1.29 is 27.4 Å². The zero-order valence-electron chi connectivity index (χ0n) is 4.79. The summed E-state index contributed by atoms with van der Waals surface area (Å²) in [6, 6.07) is 0. The Balaban J connectivity index is 0. The van der Waals surface area contributed by atoms with Crippen LogP contribution in [0.5, 0.6) is 0 Å². The monoisotopic (exact) mass is 216 g/mol. The summed E-state index contributed by atoms with van der Waals surface area (Å²) in [7, 11) is 0. The van der Waals surface area contributed by atoms with Gasteiger partial charge in [0, 0.05) is 4.53 Å². The predicted octanol–water partition coefficient (Wildman–Crippen LogP) is 2.40. The Morgan fingerprint density at radius 3 is 1.64 bits per heavy atom. The lowest BCUT2D eigenvalue weighted by molar-refractivity contribution is -0.234. The van der Waals surface area contributed by atoms with Crippen LogP contribution in [-0.2, 0) is 9.74 Å². The highest BCUT2D eigenvalue weighted by Gasteiger charge is 2.42. The van der Waals surface area contributed by atoms with Gasteiger partial charge in [0.25, 0.3) is 0 Å². The van der Waals surface area contributed by atoms with Gasteiger partial charge in [-0.15, -0.1) is 23.2 Å². The third kappa shape index (κ3) is 9.77. The van der Waals surface area contributed by atoms with E-state index in [9.17, 15) is 17.7 Å². The van der Waals surface area contributed by atoms with Gasteiger partial charge in [0.2, 0.25) is 0 Å². The number of rotatable bonds is 0. The molecule has 0 aliphatic carbocycles. The minimum absolute atomic E-state index is 0.194. The normalized spacial score (nSPS) is 9.64. The molecule has 0 bridgehead atoms.